The molecule has 0 aromatic heterocycles. The van der Waals surface area contributed by atoms with E-state index in [4.69, 9.17) is 17.0 Å². The summed E-state index contributed by atoms with van der Waals surface area (Å²) in [5, 5.41) is 6.54. The lowest BCUT2D eigenvalue weighted by molar-refractivity contribution is -0.104. The Kier molecular flexibility index (Phi) is 3.12. The Morgan fingerprint density at radius 2 is 2.25 bits per heavy atom. The van der Waals surface area contributed by atoms with Crippen LogP contribution in [0.15, 0.2) is 11.6 Å². The molecule has 0 unspecified atom stereocenters. The van der Waals surface area contributed by atoms with Crippen LogP contribution in [0.1, 0.15) is 6.92 Å². The number of hydrogen-bond acceptors (Lipinski definition) is 2. The molecule has 0 aliphatic heterocycles. The van der Waals surface area contributed by atoms with Gasteiger partial charge in [0.15, 0.2) is 0 Å². The molecule has 0 fully saturated rings. The van der Waals surface area contributed by atoms with Gasteiger partial charge in [-0.1, -0.05) is 11.6 Å². The SMILES string of the molecule is C/C(C=O)=C\C(=N)Cl. The van der Waals surface area contributed by atoms with Crippen LogP contribution in [0.5, 0.6) is 0 Å². The van der Waals surface area contributed by atoms with Crippen molar-refractivity contribution in [2.24, 2.45) is 0 Å². The lowest BCUT2D eigenvalue weighted by Gasteiger charge is -1.81. The second-order valence-corrected chi connectivity index (χ2v) is 1.76. The summed E-state index contributed by atoms with van der Waals surface area (Å²) in [7, 11) is 0. The predicted molar refractivity (Wildman–Crippen MR) is 33.4 cm³/mol. The third-order valence-electron chi connectivity index (χ3n) is 0.540. The molecule has 0 saturated carbocycles. The number of halogens is 1. The van der Waals surface area contributed by atoms with Crippen molar-refractivity contribution in [3.05, 3.63) is 11.6 Å². The van der Waals surface area contributed by atoms with Crippen LogP contribution in [-0.2, 0) is 4.79 Å². The van der Waals surface area contributed by atoms with Crippen LogP contribution in [0, 0.1) is 5.41 Å². The van der Waals surface area contributed by atoms with E-state index in [1.807, 2.05) is 0 Å². The number of nitrogens with one attached hydrogen (secondary N) is 1. The van der Waals surface area contributed by atoms with Gasteiger partial charge in [0, 0.05) is 0 Å². The first-order chi connectivity index (χ1) is 3.66. The summed E-state index contributed by atoms with van der Waals surface area (Å²) in [5.41, 5.74) is 0.463. The van der Waals surface area contributed by atoms with Crippen LogP contribution >= 0.6 is 11.6 Å². The maximum atomic E-state index is 9.82. The Balaban J connectivity index is 3.94. The number of allylic oxidation sites excluding steroid dienone is 2. The normalized spacial score (nSPS) is 11.0. The molecule has 0 amide bonds. The van der Waals surface area contributed by atoms with E-state index in [1.54, 1.807) is 6.92 Å². The number of hydrogen-bond donors (Lipinski definition) is 1. The molecular formula is C5H6ClNO. The highest BCUT2D eigenvalue weighted by atomic mass is 35.5. The summed E-state index contributed by atoms with van der Waals surface area (Å²) >= 11 is 5.10. The standard InChI is InChI=1S/C5H6ClNO/c1-4(3-8)2-5(6)7/h2-3,7H,1H3/b4-2+,7-5?. The Bertz CT molecular complexity index is 139. The zero-order valence-corrected chi connectivity index (χ0v) is 5.20. The van der Waals surface area contributed by atoms with E-state index in [-0.39, 0.29) is 5.17 Å². The van der Waals surface area contributed by atoms with Gasteiger partial charge in [-0.25, -0.2) is 0 Å². The Labute approximate surface area is 52.7 Å². The predicted octanol–water partition coefficient (Wildman–Crippen LogP) is 1.35. The highest BCUT2D eigenvalue weighted by Gasteiger charge is 1.84. The third kappa shape index (κ3) is 3.56. The Morgan fingerprint density at radius 3 is 2.38 bits per heavy atom. The highest BCUT2D eigenvalue weighted by molar-refractivity contribution is 6.67. The quantitative estimate of drug-likeness (QED) is 0.343. The molecule has 44 valence electrons. The first-order valence-corrected chi connectivity index (χ1v) is 2.42. The van der Waals surface area contributed by atoms with Gasteiger partial charge in [-0.3, -0.25) is 10.2 Å². The van der Waals surface area contributed by atoms with Crippen molar-refractivity contribution in [2.45, 2.75) is 6.92 Å². The highest BCUT2D eigenvalue weighted by Crippen LogP contribution is 1.89. The van der Waals surface area contributed by atoms with E-state index < -0.39 is 0 Å². The average molecular weight is 132 g/mol. The maximum Gasteiger partial charge on any atom is 0.145 e. The molecule has 0 aliphatic rings. The molecule has 0 heterocycles. The second-order valence-electron chi connectivity index (χ2n) is 1.35. The number of carbonyl (C=O) groups is 1. The van der Waals surface area contributed by atoms with E-state index in [2.05, 4.69) is 0 Å². The van der Waals surface area contributed by atoms with Gasteiger partial charge < -0.3 is 0 Å². The van der Waals surface area contributed by atoms with Gasteiger partial charge in [0.1, 0.15) is 11.5 Å². The summed E-state index contributed by atoms with van der Waals surface area (Å²) in [6.45, 7) is 1.59. The molecule has 3 heteroatoms. The van der Waals surface area contributed by atoms with Crippen molar-refractivity contribution >= 4 is 23.1 Å². The van der Waals surface area contributed by atoms with Crippen molar-refractivity contribution in [1.29, 1.82) is 5.41 Å². The van der Waals surface area contributed by atoms with Crippen LogP contribution in [0.4, 0.5) is 0 Å². The van der Waals surface area contributed by atoms with Crippen molar-refractivity contribution in [2.75, 3.05) is 0 Å². The number of aldehydes is 1. The minimum absolute atomic E-state index is 0.116. The molecule has 0 saturated heterocycles. The second kappa shape index (κ2) is 3.38. The fraction of sp³-hybridized carbons (Fsp3) is 0.200. The van der Waals surface area contributed by atoms with Crippen LogP contribution in [0.2, 0.25) is 0 Å². The molecule has 0 atom stereocenters. The smallest absolute Gasteiger partial charge is 0.145 e. The monoisotopic (exact) mass is 131 g/mol. The van der Waals surface area contributed by atoms with Crippen LogP contribution < -0.4 is 0 Å². The van der Waals surface area contributed by atoms with E-state index in [0.29, 0.717) is 11.9 Å². The van der Waals surface area contributed by atoms with Crippen LogP contribution in [0.3, 0.4) is 0 Å². The van der Waals surface area contributed by atoms with Gasteiger partial charge in [-0.05, 0) is 18.6 Å². The van der Waals surface area contributed by atoms with Gasteiger partial charge in [0.2, 0.25) is 0 Å². The topological polar surface area (TPSA) is 40.9 Å². The molecule has 0 aliphatic carbocycles. The molecule has 2 nitrogen and oxygen atoms in total. The van der Waals surface area contributed by atoms with Crippen molar-refractivity contribution in [3.63, 3.8) is 0 Å². The molecule has 0 bridgehead atoms. The summed E-state index contributed by atoms with van der Waals surface area (Å²) in [6, 6.07) is 0. The van der Waals surface area contributed by atoms with Crippen molar-refractivity contribution in [1.82, 2.24) is 0 Å². The third-order valence-corrected chi connectivity index (χ3v) is 0.649. The Hall–Kier alpha value is -0.630. The van der Waals surface area contributed by atoms with Gasteiger partial charge in [0.25, 0.3) is 0 Å². The fourth-order valence-corrected chi connectivity index (χ4v) is 0.406. The molecular weight excluding hydrogens is 126 g/mol. The molecule has 0 aromatic carbocycles. The lowest BCUT2D eigenvalue weighted by Crippen LogP contribution is -1.80. The molecule has 0 aromatic rings. The minimum atomic E-state index is -0.116. The summed E-state index contributed by atoms with van der Waals surface area (Å²) < 4.78 is 0. The number of rotatable bonds is 2. The largest absolute Gasteiger partial charge is 0.298 e. The van der Waals surface area contributed by atoms with Crippen molar-refractivity contribution < 1.29 is 4.79 Å². The minimum Gasteiger partial charge on any atom is -0.298 e. The number of carbonyl (C=O) groups excluding carboxylic acids is 1. The zero-order chi connectivity index (χ0) is 6.57. The van der Waals surface area contributed by atoms with Gasteiger partial charge >= 0.3 is 0 Å². The average Bonchev–Trinajstić information content (AvgIpc) is 1.65. The summed E-state index contributed by atoms with van der Waals surface area (Å²) in [5.74, 6) is 0. The summed E-state index contributed by atoms with van der Waals surface area (Å²) in [4.78, 5) is 9.82. The van der Waals surface area contributed by atoms with Crippen molar-refractivity contribution in [3.8, 4) is 0 Å². The zero-order valence-electron chi connectivity index (χ0n) is 4.44. The molecule has 1 N–H and O–H groups in total. The molecule has 0 radical (unpaired) electrons. The Morgan fingerprint density at radius 1 is 1.75 bits per heavy atom. The van der Waals surface area contributed by atoms with Crippen LogP contribution in [0.25, 0.3) is 0 Å². The summed E-state index contributed by atoms with van der Waals surface area (Å²) in [6.07, 6.45) is 1.94. The first-order valence-electron chi connectivity index (χ1n) is 2.04. The van der Waals surface area contributed by atoms with E-state index in [1.165, 1.54) is 6.08 Å². The van der Waals surface area contributed by atoms with Gasteiger partial charge in [0.05, 0.1) is 0 Å². The fourth-order valence-electron chi connectivity index (χ4n) is 0.234. The van der Waals surface area contributed by atoms with E-state index >= 15 is 0 Å². The molecule has 0 rings (SSSR count). The maximum absolute atomic E-state index is 9.82. The van der Waals surface area contributed by atoms with Crippen LogP contribution in [-0.4, -0.2) is 11.5 Å². The lowest BCUT2D eigenvalue weighted by atomic mass is 10.3. The molecule has 8 heavy (non-hydrogen) atoms. The van der Waals surface area contributed by atoms with Gasteiger partial charge in [-0.15, -0.1) is 0 Å². The van der Waals surface area contributed by atoms with E-state index in [9.17, 15) is 4.79 Å². The molecule has 0 spiro atoms. The van der Waals surface area contributed by atoms with E-state index in [0.717, 1.165) is 0 Å². The first kappa shape index (κ1) is 7.37. The van der Waals surface area contributed by atoms with Gasteiger partial charge in [-0.2, -0.15) is 0 Å².